The fourth-order valence-electron chi connectivity index (χ4n) is 5.90. The quantitative estimate of drug-likeness (QED) is 0.0844. The van der Waals surface area contributed by atoms with Gasteiger partial charge in [-0.1, -0.05) is 169 Å². The van der Waals surface area contributed by atoms with E-state index in [1.54, 1.807) is 11.8 Å². The highest BCUT2D eigenvalue weighted by Gasteiger charge is 2.31. The second-order valence-corrected chi connectivity index (χ2v) is 15.2. The van der Waals surface area contributed by atoms with E-state index in [0.717, 1.165) is 36.3 Å². The molecule has 4 unspecified atom stereocenters. The first-order valence-corrected chi connectivity index (χ1v) is 18.7. The van der Waals surface area contributed by atoms with Crippen molar-refractivity contribution in [1.82, 2.24) is 0 Å². The molecule has 0 amide bonds. The molecule has 2 nitrogen and oxygen atoms in total. The molecule has 0 saturated heterocycles. The summed E-state index contributed by atoms with van der Waals surface area (Å²) in [6, 6.07) is 0. The Morgan fingerprint density at radius 3 is 1.41 bits per heavy atom. The molecule has 0 spiro atoms. The summed E-state index contributed by atoms with van der Waals surface area (Å²) < 4.78 is 0. The third-order valence-corrected chi connectivity index (χ3v) is 10.5. The minimum atomic E-state index is -0.764. The van der Waals surface area contributed by atoms with Crippen LogP contribution in [-0.2, 0) is 0 Å². The van der Waals surface area contributed by atoms with Gasteiger partial charge in [-0.3, -0.25) is 0 Å². The molecule has 0 radical (unpaired) electrons. The highest BCUT2D eigenvalue weighted by Crippen LogP contribution is 2.30. The van der Waals surface area contributed by atoms with Crippen LogP contribution in [0.2, 0.25) is 0 Å². The van der Waals surface area contributed by atoms with Gasteiger partial charge < -0.3 is 10.2 Å². The molecule has 0 aliphatic rings. The Balaban J connectivity index is 3.76. The first kappa shape index (κ1) is 39.3. The lowest BCUT2D eigenvalue weighted by Crippen LogP contribution is -2.39. The van der Waals surface area contributed by atoms with Gasteiger partial charge in [0.25, 0.3) is 0 Å². The van der Waals surface area contributed by atoms with E-state index < -0.39 is 5.60 Å². The summed E-state index contributed by atoms with van der Waals surface area (Å²) in [6.07, 6.45) is 30.6. The normalized spacial score (nSPS) is 15.9. The summed E-state index contributed by atoms with van der Waals surface area (Å²) in [6.45, 7) is 13.8. The Hall–Kier alpha value is 0.270. The maximum atomic E-state index is 11.1. The van der Waals surface area contributed by atoms with Crippen LogP contribution in [0.4, 0.5) is 0 Å². The predicted octanol–water partition coefficient (Wildman–Crippen LogP) is 11.8. The van der Waals surface area contributed by atoms with Crippen molar-refractivity contribution in [3.05, 3.63) is 0 Å². The van der Waals surface area contributed by atoms with Gasteiger partial charge >= 0.3 is 0 Å². The Kier molecular flexibility index (Phi) is 27.3. The van der Waals surface area contributed by atoms with Gasteiger partial charge in [0.1, 0.15) is 0 Å². The van der Waals surface area contributed by atoms with Crippen LogP contribution in [0.25, 0.3) is 0 Å². The lowest BCUT2D eigenvalue weighted by atomic mass is 9.89. The van der Waals surface area contributed by atoms with Gasteiger partial charge in [0.05, 0.1) is 17.5 Å². The van der Waals surface area contributed by atoms with Crippen LogP contribution >= 0.6 is 11.8 Å². The van der Waals surface area contributed by atoms with Gasteiger partial charge in [0.15, 0.2) is 0 Å². The average Bonchev–Trinajstić information content (AvgIpc) is 2.88. The van der Waals surface area contributed by atoms with Crippen LogP contribution in [0.1, 0.15) is 189 Å². The number of thioether (sulfide) groups is 1. The standard InChI is InChI=1S/C36H74O2S/c1-7-8-9-10-11-12-13-14-15-16-17-18-19-20-30-39-35(31-37)36(6,38)29-23-28-34(5)27-22-26-33(4)25-21-24-32(2)3/h32-35,37-38H,7-31H2,1-6H3. The second kappa shape index (κ2) is 27.1. The molecule has 0 bridgehead atoms. The molecule has 39 heavy (non-hydrogen) atoms. The molecular formula is C36H74O2S. The fraction of sp³-hybridized carbons (Fsp3) is 1.00. The smallest absolute Gasteiger partial charge is 0.0760 e. The second-order valence-electron chi connectivity index (χ2n) is 13.9. The molecule has 0 aliphatic heterocycles. The molecule has 0 fully saturated rings. The summed E-state index contributed by atoms with van der Waals surface area (Å²) in [5, 5.41) is 21.0. The van der Waals surface area contributed by atoms with Gasteiger partial charge in [0.2, 0.25) is 0 Å². The van der Waals surface area contributed by atoms with Crippen LogP contribution in [0.15, 0.2) is 0 Å². The Morgan fingerprint density at radius 2 is 0.974 bits per heavy atom. The molecule has 2 N–H and O–H groups in total. The molecule has 0 heterocycles. The van der Waals surface area contributed by atoms with Crippen molar-refractivity contribution in [2.75, 3.05) is 12.4 Å². The molecule has 0 aromatic heterocycles. The van der Waals surface area contributed by atoms with Gasteiger partial charge in [0, 0.05) is 0 Å². The first-order valence-electron chi connectivity index (χ1n) is 17.7. The van der Waals surface area contributed by atoms with E-state index in [1.807, 2.05) is 6.92 Å². The number of aliphatic hydroxyl groups excluding tert-OH is 1. The molecule has 0 aromatic rings. The maximum absolute atomic E-state index is 11.1. The number of rotatable bonds is 30. The van der Waals surface area contributed by atoms with E-state index in [2.05, 4.69) is 34.6 Å². The van der Waals surface area contributed by atoms with Crippen LogP contribution in [0.3, 0.4) is 0 Å². The van der Waals surface area contributed by atoms with Crippen LogP contribution in [0.5, 0.6) is 0 Å². The zero-order valence-corrected chi connectivity index (χ0v) is 28.6. The monoisotopic (exact) mass is 571 g/mol. The fourth-order valence-corrected chi connectivity index (χ4v) is 7.14. The molecule has 0 saturated carbocycles. The van der Waals surface area contributed by atoms with Gasteiger partial charge in [-0.05, 0) is 43.3 Å². The largest absolute Gasteiger partial charge is 0.395 e. The topological polar surface area (TPSA) is 40.5 Å². The van der Waals surface area contributed by atoms with E-state index in [-0.39, 0.29) is 11.9 Å². The van der Waals surface area contributed by atoms with Gasteiger partial charge in [-0.25, -0.2) is 0 Å². The van der Waals surface area contributed by atoms with E-state index in [0.29, 0.717) is 0 Å². The Bertz CT molecular complexity index is 492. The maximum Gasteiger partial charge on any atom is 0.0760 e. The Labute approximate surface area is 251 Å². The minimum absolute atomic E-state index is 0.0542. The van der Waals surface area contributed by atoms with Crippen molar-refractivity contribution < 1.29 is 10.2 Å². The average molecular weight is 571 g/mol. The van der Waals surface area contributed by atoms with Crippen LogP contribution in [0, 0.1) is 17.8 Å². The SMILES string of the molecule is CCCCCCCCCCCCCCCCSC(CO)C(C)(O)CCCC(C)CCCC(C)CCCC(C)C. The highest BCUT2D eigenvalue weighted by atomic mass is 32.2. The van der Waals surface area contributed by atoms with E-state index >= 15 is 0 Å². The van der Waals surface area contributed by atoms with Crippen molar-refractivity contribution in [2.24, 2.45) is 17.8 Å². The van der Waals surface area contributed by atoms with Crippen LogP contribution < -0.4 is 0 Å². The van der Waals surface area contributed by atoms with E-state index in [9.17, 15) is 10.2 Å². The third-order valence-electron chi connectivity index (χ3n) is 8.93. The first-order chi connectivity index (χ1) is 18.7. The van der Waals surface area contributed by atoms with Gasteiger partial charge in [-0.15, -0.1) is 0 Å². The van der Waals surface area contributed by atoms with E-state index in [4.69, 9.17) is 0 Å². The number of aliphatic hydroxyl groups is 2. The zero-order chi connectivity index (χ0) is 29.2. The summed E-state index contributed by atoms with van der Waals surface area (Å²) in [5.74, 6) is 3.49. The summed E-state index contributed by atoms with van der Waals surface area (Å²) in [5.41, 5.74) is -0.764. The molecule has 4 atom stereocenters. The molecule has 0 aliphatic carbocycles. The lowest BCUT2D eigenvalue weighted by molar-refractivity contribution is 0.0292. The lowest BCUT2D eigenvalue weighted by Gasteiger charge is -2.32. The third kappa shape index (κ3) is 25.7. The van der Waals surface area contributed by atoms with Crippen molar-refractivity contribution in [3.63, 3.8) is 0 Å². The Morgan fingerprint density at radius 1 is 0.564 bits per heavy atom. The number of hydrogen-bond acceptors (Lipinski definition) is 3. The van der Waals surface area contributed by atoms with Crippen molar-refractivity contribution in [1.29, 1.82) is 0 Å². The molecule has 0 aromatic carbocycles. The van der Waals surface area contributed by atoms with Crippen molar-refractivity contribution in [2.45, 2.75) is 200 Å². The number of unbranched alkanes of at least 4 members (excludes halogenated alkanes) is 13. The predicted molar refractivity (Wildman–Crippen MR) is 179 cm³/mol. The molecule has 0 rings (SSSR count). The summed E-state index contributed by atoms with van der Waals surface area (Å²) in [7, 11) is 0. The summed E-state index contributed by atoms with van der Waals surface area (Å²) >= 11 is 1.80. The highest BCUT2D eigenvalue weighted by molar-refractivity contribution is 8.00. The molecular weight excluding hydrogens is 496 g/mol. The number of hydrogen-bond donors (Lipinski definition) is 2. The minimum Gasteiger partial charge on any atom is -0.395 e. The zero-order valence-electron chi connectivity index (χ0n) is 27.8. The summed E-state index contributed by atoms with van der Waals surface area (Å²) in [4.78, 5) is 0. The molecule has 236 valence electrons. The van der Waals surface area contributed by atoms with Crippen LogP contribution in [-0.4, -0.2) is 33.4 Å². The van der Waals surface area contributed by atoms with E-state index in [1.165, 1.54) is 135 Å². The van der Waals surface area contributed by atoms with Crippen molar-refractivity contribution >= 4 is 11.8 Å². The van der Waals surface area contributed by atoms with Crippen molar-refractivity contribution in [3.8, 4) is 0 Å². The van der Waals surface area contributed by atoms with Gasteiger partial charge in [-0.2, -0.15) is 11.8 Å². The molecule has 3 heteroatoms.